The number of hydrogen-bond donors (Lipinski definition) is 1. The van der Waals surface area contributed by atoms with Crippen LogP contribution in [0.1, 0.15) is 12.8 Å². The summed E-state index contributed by atoms with van der Waals surface area (Å²) in [7, 11) is -0.577. The average molecular weight is 326 g/mol. The summed E-state index contributed by atoms with van der Waals surface area (Å²) in [6, 6.07) is 4.87. The third-order valence-electron chi connectivity index (χ3n) is 4.72. The molecular weight excluding hydrogens is 304 g/mol. The Kier molecular flexibility index (Phi) is 4.05. The van der Waals surface area contributed by atoms with Crippen LogP contribution in [-0.2, 0) is 10.0 Å². The molecule has 1 N–H and O–H groups in total. The number of methoxy groups -OCH3 is 2. The Bertz CT molecular complexity index is 654. The minimum absolute atomic E-state index is 0.0964. The van der Waals surface area contributed by atoms with Gasteiger partial charge in [-0.05, 0) is 36.9 Å². The minimum atomic E-state index is -3.58. The van der Waals surface area contributed by atoms with E-state index in [1.165, 1.54) is 20.3 Å². The van der Waals surface area contributed by atoms with Crippen molar-refractivity contribution in [2.24, 2.45) is 5.41 Å². The van der Waals surface area contributed by atoms with Crippen molar-refractivity contribution < 1.29 is 17.9 Å². The fraction of sp³-hybridized carbons (Fsp3) is 0.600. The minimum Gasteiger partial charge on any atom is -0.497 e. The third-order valence-corrected chi connectivity index (χ3v) is 6.59. The maximum atomic E-state index is 13.0. The van der Waals surface area contributed by atoms with Crippen LogP contribution in [0, 0.1) is 5.41 Å². The zero-order valence-corrected chi connectivity index (χ0v) is 13.8. The highest BCUT2D eigenvalue weighted by molar-refractivity contribution is 7.89. The first-order valence-corrected chi connectivity index (χ1v) is 8.88. The molecule has 0 aromatic heterocycles. The maximum absolute atomic E-state index is 13.0. The SMILES string of the molecule is COc1ccc(OC)c(S(=O)(=O)N2CCC3(CCNC3)C2)c1. The summed E-state index contributed by atoms with van der Waals surface area (Å²) in [4.78, 5) is 0.178. The van der Waals surface area contributed by atoms with Crippen molar-refractivity contribution in [1.82, 2.24) is 9.62 Å². The summed E-state index contributed by atoms with van der Waals surface area (Å²) in [5, 5.41) is 3.34. The van der Waals surface area contributed by atoms with Crippen LogP contribution in [0.3, 0.4) is 0 Å². The second-order valence-corrected chi connectivity index (χ2v) is 7.94. The van der Waals surface area contributed by atoms with Crippen molar-refractivity contribution in [3.63, 3.8) is 0 Å². The van der Waals surface area contributed by atoms with Crippen molar-refractivity contribution >= 4 is 10.0 Å². The standard InChI is InChI=1S/C15H22N2O4S/c1-20-12-3-4-13(21-2)14(9-12)22(18,19)17-8-6-15(11-17)5-7-16-10-15/h3-4,9,16H,5-8,10-11H2,1-2H3. The molecule has 0 amide bonds. The lowest BCUT2D eigenvalue weighted by Crippen LogP contribution is -2.33. The van der Waals surface area contributed by atoms with Gasteiger partial charge in [-0.25, -0.2) is 8.42 Å². The average Bonchev–Trinajstić information content (AvgIpc) is 3.17. The molecule has 1 spiro atoms. The van der Waals surface area contributed by atoms with Crippen LogP contribution < -0.4 is 14.8 Å². The highest BCUT2D eigenvalue weighted by Gasteiger charge is 2.45. The zero-order chi connectivity index (χ0) is 15.8. The van der Waals surface area contributed by atoms with Gasteiger partial charge in [-0.1, -0.05) is 0 Å². The van der Waals surface area contributed by atoms with E-state index in [4.69, 9.17) is 9.47 Å². The quantitative estimate of drug-likeness (QED) is 0.897. The van der Waals surface area contributed by atoms with Gasteiger partial charge in [0.1, 0.15) is 16.4 Å². The summed E-state index contributed by atoms with van der Waals surface area (Å²) < 4.78 is 38.0. The second kappa shape index (κ2) is 5.72. The molecule has 2 heterocycles. The second-order valence-electron chi connectivity index (χ2n) is 6.03. The first kappa shape index (κ1) is 15.6. The molecule has 1 aromatic rings. The molecule has 2 aliphatic rings. The van der Waals surface area contributed by atoms with Crippen molar-refractivity contribution in [2.45, 2.75) is 17.7 Å². The molecule has 2 fully saturated rings. The Balaban J connectivity index is 1.93. The van der Waals surface area contributed by atoms with Crippen molar-refractivity contribution in [2.75, 3.05) is 40.4 Å². The fourth-order valence-electron chi connectivity index (χ4n) is 3.37. The molecule has 1 aromatic carbocycles. The van der Waals surface area contributed by atoms with Crippen LogP contribution in [-0.4, -0.2) is 53.1 Å². The number of ether oxygens (including phenoxy) is 2. The van der Waals surface area contributed by atoms with Gasteiger partial charge in [-0.3, -0.25) is 0 Å². The monoisotopic (exact) mass is 326 g/mol. The molecule has 2 saturated heterocycles. The Labute approximate surface area is 131 Å². The smallest absolute Gasteiger partial charge is 0.246 e. The maximum Gasteiger partial charge on any atom is 0.246 e. The Morgan fingerprint density at radius 3 is 2.68 bits per heavy atom. The molecule has 22 heavy (non-hydrogen) atoms. The van der Waals surface area contributed by atoms with E-state index in [2.05, 4.69) is 5.32 Å². The van der Waals surface area contributed by atoms with Crippen LogP contribution in [0.15, 0.2) is 23.1 Å². The fourth-order valence-corrected chi connectivity index (χ4v) is 5.09. The Hall–Kier alpha value is -1.31. The first-order chi connectivity index (χ1) is 10.5. The molecule has 0 radical (unpaired) electrons. The number of benzene rings is 1. The van der Waals surface area contributed by atoms with E-state index in [9.17, 15) is 8.42 Å². The van der Waals surface area contributed by atoms with E-state index < -0.39 is 10.0 Å². The highest BCUT2D eigenvalue weighted by Crippen LogP contribution is 2.40. The molecule has 3 rings (SSSR count). The van der Waals surface area contributed by atoms with E-state index in [-0.39, 0.29) is 10.3 Å². The number of nitrogens with zero attached hydrogens (tertiary/aromatic N) is 1. The highest BCUT2D eigenvalue weighted by atomic mass is 32.2. The summed E-state index contributed by atoms with van der Waals surface area (Å²) in [5.41, 5.74) is 0.0964. The normalized spacial score (nSPS) is 25.7. The number of rotatable bonds is 4. The van der Waals surface area contributed by atoms with Gasteiger partial charge in [-0.15, -0.1) is 0 Å². The van der Waals surface area contributed by atoms with Crippen LogP contribution in [0.4, 0.5) is 0 Å². The Morgan fingerprint density at radius 1 is 1.23 bits per heavy atom. The molecule has 2 aliphatic heterocycles. The molecule has 0 bridgehead atoms. The summed E-state index contributed by atoms with van der Waals surface area (Å²) >= 11 is 0. The third kappa shape index (κ3) is 2.57. The molecule has 1 unspecified atom stereocenters. The van der Waals surface area contributed by atoms with E-state index in [0.717, 1.165) is 25.9 Å². The zero-order valence-electron chi connectivity index (χ0n) is 13.0. The van der Waals surface area contributed by atoms with Gasteiger partial charge in [0.2, 0.25) is 10.0 Å². The lowest BCUT2D eigenvalue weighted by Gasteiger charge is -2.23. The van der Waals surface area contributed by atoms with Crippen molar-refractivity contribution in [1.29, 1.82) is 0 Å². The van der Waals surface area contributed by atoms with Crippen LogP contribution in [0.5, 0.6) is 11.5 Å². The van der Waals surface area contributed by atoms with Gasteiger partial charge in [-0.2, -0.15) is 4.31 Å². The van der Waals surface area contributed by atoms with Crippen molar-refractivity contribution in [3.8, 4) is 11.5 Å². The number of nitrogens with one attached hydrogen (secondary N) is 1. The van der Waals surface area contributed by atoms with E-state index in [1.54, 1.807) is 16.4 Å². The van der Waals surface area contributed by atoms with Gasteiger partial charge in [0, 0.05) is 25.7 Å². The van der Waals surface area contributed by atoms with Crippen molar-refractivity contribution in [3.05, 3.63) is 18.2 Å². The first-order valence-electron chi connectivity index (χ1n) is 7.44. The van der Waals surface area contributed by atoms with Gasteiger partial charge < -0.3 is 14.8 Å². The lowest BCUT2D eigenvalue weighted by molar-refractivity contribution is 0.336. The predicted octanol–water partition coefficient (Wildman–Crippen LogP) is 1.08. The summed E-state index contributed by atoms with van der Waals surface area (Å²) in [6.45, 7) is 3.00. The molecule has 0 saturated carbocycles. The van der Waals surface area contributed by atoms with Crippen LogP contribution in [0.2, 0.25) is 0 Å². The Morgan fingerprint density at radius 2 is 2.05 bits per heavy atom. The van der Waals surface area contributed by atoms with E-state index in [1.807, 2.05) is 0 Å². The van der Waals surface area contributed by atoms with Gasteiger partial charge in [0.15, 0.2) is 0 Å². The molecule has 122 valence electrons. The summed E-state index contributed by atoms with van der Waals surface area (Å²) in [6.07, 6.45) is 1.94. The summed E-state index contributed by atoms with van der Waals surface area (Å²) in [5.74, 6) is 0.863. The van der Waals surface area contributed by atoms with Crippen LogP contribution >= 0.6 is 0 Å². The van der Waals surface area contributed by atoms with Gasteiger partial charge in [0.05, 0.1) is 14.2 Å². The van der Waals surface area contributed by atoms with E-state index >= 15 is 0 Å². The molecule has 7 heteroatoms. The largest absolute Gasteiger partial charge is 0.497 e. The van der Waals surface area contributed by atoms with Gasteiger partial charge >= 0.3 is 0 Å². The van der Waals surface area contributed by atoms with E-state index in [0.29, 0.717) is 24.6 Å². The predicted molar refractivity (Wildman–Crippen MR) is 82.8 cm³/mol. The number of hydrogen-bond acceptors (Lipinski definition) is 5. The molecule has 0 aliphatic carbocycles. The lowest BCUT2D eigenvalue weighted by atomic mass is 9.87. The van der Waals surface area contributed by atoms with Gasteiger partial charge in [0.25, 0.3) is 0 Å². The topological polar surface area (TPSA) is 67.9 Å². The number of sulfonamides is 1. The molecular formula is C15H22N2O4S. The molecule has 6 nitrogen and oxygen atoms in total. The van der Waals surface area contributed by atoms with Crippen LogP contribution in [0.25, 0.3) is 0 Å². The molecule has 1 atom stereocenters.